The summed E-state index contributed by atoms with van der Waals surface area (Å²) >= 11 is 0. The molecule has 0 saturated carbocycles. The summed E-state index contributed by atoms with van der Waals surface area (Å²) in [5.74, 6) is 1.03. The number of rotatable bonds is 5. The van der Waals surface area contributed by atoms with Gasteiger partial charge in [0.15, 0.2) is 5.82 Å². The number of pyridine rings is 2. The topological polar surface area (TPSA) is 81.9 Å². The Hall–Kier alpha value is -3.22. The maximum Gasteiger partial charge on any atom is 0.253 e. The maximum atomic E-state index is 12.1. The molecule has 0 fully saturated rings. The van der Waals surface area contributed by atoms with Crippen LogP contribution >= 0.6 is 0 Å². The SMILES string of the molecule is COc1ccc(C(=O)NCc2ccc(-n3nc(C)cc3C)nc2)cn1. The molecule has 0 unspecified atom stereocenters. The lowest BCUT2D eigenvalue weighted by molar-refractivity contribution is 0.0950. The summed E-state index contributed by atoms with van der Waals surface area (Å²) in [6.07, 6.45) is 3.22. The molecule has 0 aliphatic heterocycles. The number of methoxy groups -OCH3 is 1. The van der Waals surface area contributed by atoms with Crippen molar-refractivity contribution in [2.75, 3.05) is 7.11 Å². The highest BCUT2D eigenvalue weighted by Gasteiger charge is 2.08. The highest BCUT2D eigenvalue weighted by Crippen LogP contribution is 2.11. The molecule has 0 spiro atoms. The summed E-state index contributed by atoms with van der Waals surface area (Å²) < 4.78 is 6.77. The first-order valence-corrected chi connectivity index (χ1v) is 7.83. The molecular weight excluding hydrogens is 318 g/mol. The molecule has 128 valence electrons. The molecule has 0 saturated heterocycles. The van der Waals surface area contributed by atoms with Gasteiger partial charge in [-0.3, -0.25) is 4.79 Å². The standard InChI is InChI=1S/C18H19N5O2/c1-12-8-13(2)23(22-12)16-6-4-14(9-19-16)10-21-18(24)15-5-7-17(25-3)20-11-15/h4-9,11H,10H2,1-3H3,(H,21,24). The van der Waals surface area contributed by atoms with Crippen molar-refractivity contribution < 1.29 is 9.53 Å². The molecule has 0 atom stereocenters. The van der Waals surface area contributed by atoms with Gasteiger partial charge in [0.05, 0.1) is 18.4 Å². The first-order chi connectivity index (χ1) is 12.1. The van der Waals surface area contributed by atoms with Gasteiger partial charge in [-0.1, -0.05) is 6.07 Å². The second-order valence-electron chi connectivity index (χ2n) is 5.64. The van der Waals surface area contributed by atoms with Gasteiger partial charge in [-0.15, -0.1) is 0 Å². The highest BCUT2D eigenvalue weighted by atomic mass is 16.5. The number of nitrogens with zero attached hydrogens (tertiary/aromatic N) is 4. The van der Waals surface area contributed by atoms with Crippen LogP contribution in [0.15, 0.2) is 42.7 Å². The van der Waals surface area contributed by atoms with Crippen LogP contribution in [0.4, 0.5) is 0 Å². The van der Waals surface area contributed by atoms with Crippen molar-refractivity contribution in [3.05, 3.63) is 65.2 Å². The fourth-order valence-electron chi connectivity index (χ4n) is 2.43. The first kappa shape index (κ1) is 16.6. The molecule has 25 heavy (non-hydrogen) atoms. The van der Waals surface area contributed by atoms with Gasteiger partial charge in [0, 0.05) is 30.7 Å². The predicted octanol–water partition coefficient (Wildman–Crippen LogP) is 2.22. The Bertz CT molecular complexity index is 869. The lowest BCUT2D eigenvalue weighted by atomic mass is 10.2. The predicted molar refractivity (Wildman–Crippen MR) is 92.8 cm³/mol. The van der Waals surface area contributed by atoms with Crippen LogP contribution in [0.2, 0.25) is 0 Å². The Morgan fingerprint density at radius 2 is 2.00 bits per heavy atom. The van der Waals surface area contributed by atoms with E-state index < -0.39 is 0 Å². The number of aryl methyl sites for hydroxylation is 2. The Labute approximate surface area is 145 Å². The molecule has 0 bridgehead atoms. The van der Waals surface area contributed by atoms with Gasteiger partial charge < -0.3 is 10.1 Å². The summed E-state index contributed by atoms with van der Waals surface area (Å²) in [5.41, 5.74) is 3.36. The fraction of sp³-hybridized carbons (Fsp3) is 0.222. The zero-order valence-corrected chi connectivity index (χ0v) is 14.4. The van der Waals surface area contributed by atoms with Crippen LogP contribution in [0.5, 0.6) is 5.88 Å². The van der Waals surface area contributed by atoms with Crippen LogP contribution in [0.1, 0.15) is 27.3 Å². The minimum absolute atomic E-state index is 0.197. The van der Waals surface area contributed by atoms with E-state index in [0.29, 0.717) is 18.0 Å². The number of hydrogen-bond acceptors (Lipinski definition) is 5. The van der Waals surface area contributed by atoms with Gasteiger partial charge in [0.2, 0.25) is 5.88 Å². The first-order valence-electron chi connectivity index (χ1n) is 7.83. The van der Waals surface area contributed by atoms with E-state index in [1.807, 2.05) is 32.0 Å². The second kappa shape index (κ2) is 7.12. The van der Waals surface area contributed by atoms with E-state index in [-0.39, 0.29) is 5.91 Å². The molecule has 3 heterocycles. The van der Waals surface area contributed by atoms with Gasteiger partial charge >= 0.3 is 0 Å². The van der Waals surface area contributed by atoms with E-state index in [0.717, 1.165) is 22.8 Å². The van der Waals surface area contributed by atoms with Crippen molar-refractivity contribution in [3.63, 3.8) is 0 Å². The van der Waals surface area contributed by atoms with E-state index in [2.05, 4.69) is 20.4 Å². The number of carbonyl (C=O) groups excluding carboxylic acids is 1. The Balaban J connectivity index is 1.63. The van der Waals surface area contributed by atoms with E-state index in [4.69, 9.17) is 4.74 Å². The zero-order chi connectivity index (χ0) is 17.8. The number of ether oxygens (including phenoxy) is 1. The van der Waals surface area contributed by atoms with Crippen LogP contribution in [0.3, 0.4) is 0 Å². The fourth-order valence-corrected chi connectivity index (χ4v) is 2.43. The normalized spacial score (nSPS) is 10.5. The largest absolute Gasteiger partial charge is 0.481 e. The number of nitrogens with one attached hydrogen (secondary N) is 1. The Kier molecular flexibility index (Phi) is 4.74. The van der Waals surface area contributed by atoms with Crippen LogP contribution in [0.25, 0.3) is 5.82 Å². The summed E-state index contributed by atoms with van der Waals surface area (Å²) in [5, 5.41) is 7.25. The molecule has 7 nitrogen and oxygen atoms in total. The Morgan fingerprint density at radius 1 is 1.16 bits per heavy atom. The van der Waals surface area contributed by atoms with Crippen LogP contribution in [0, 0.1) is 13.8 Å². The molecule has 1 N–H and O–H groups in total. The van der Waals surface area contributed by atoms with E-state index >= 15 is 0 Å². The highest BCUT2D eigenvalue weighted by molar-refractivity contribution is 5.93. The summed E-state index contributed by atoms with van der Waals surface area (Å²) in [7, 11) is 1.53. The molecule has 0 aliphatic carbocycles. The second-order valence-corrected chi connectivity index (χ2v) is 5.64. The molecule has 3 aromatic heterocycles. The van der Waals surface area contributed by atoms with E-state index in [1.165, 1.54) is 13.3 Å². The molecule has 1 amide bonds. The van der Waals surface area contributed by atoms with E-state index in [1.54, 1.807) is 23.0 Å². The van der Waals surface area contributed by atoms with Crippen molar-refractivity contribution >= 4 is 5.91 Å². The van der Waals surface area contributed by atoms with Crippen LogP contribution in [-0.2, 0) is 6.54 Å². The molecule has 0 aromatic carbocycles. The number of carbonyl (C=O) groups is 1. The molecule has 3 rings (SSSR count). The third kappa shape index (κ3) is 3.82. The smallest absolute Gasteiger partial charge is 0.253 e. The van der Waals surface area contributed by atoms with Gasteiger partial charge in [0.25, 0.3) is 5.91 Å². The van der Waals surface area contributed by atoms with Crippen molar-refractivity contribution in [2.24, 2.45) is 0 Å². The summed E-state index contributed by atoms with van der Waals surface area (Å²) in [4.78, 5) is 20.6. The van der Waals surface area contributed by atoms with Gasteiger partial charge in [-0.25, -0.2) is 14.6 Å². The zero-order valence-electron chi connectivity index (χ0n) is 14.4. The molecule has 7 heteroatoms. The molecule has 0 aliphatic rings. The average Bonchev–Trinajstić information content (AvgIpc) is 2.98. The number of amides is 1. The maximum absolute atomic E-state index is 12.1. The van der Waals surface area contributed by atoms with Crippen LogP contribution < -0.4 is 10.1 Å². The van der Waals surface area contributed by atoms with Crippen molar-refractivity contribution in [1.29, 1.82) is 0 Å². The van der Waals surface area contributed by atoms with Crippen LogP contribution in [-0.4, -0.2) is 32.8 Å². The Morgan fingerprint density at radius 3 is 2.56 bits per heavy atom. The minimum Gasteiger partial charge on any atom is -0.481 e. The lowest BCUT2D eigenvalue weighted by Gasteiger charge is -2.07. The average molecular weight is 337 g/mol. The van der Waals surface area contributed by atoms with Crippen molar-refractivity contribution in [3.8, 4) is 11.7 Å². The summed E-state index contributed by atoms with van der Waals surface area (Å²) in [6.45, 7) is 4.31. The van der Waals surface area contributed by atoms with Crippen molar-refractivity contribution in [2.45, 2.75) is 20.4 Å². The van der Waals surface area contributed by atoms with E-state index in [9.17, 15) is 4.79 Å². The van der Waals surface area contributed by atoms with Gasteiger partial charge in [-0.05, 0) is 37.6 Å². The third-order valence-corrected chi connectivity index (χ3v) is 3.70. The quantitative estimate of drug-likeness (QED) is 0.772. The van der Waals surface area contributed by atoms with Gasteiger partial charge in [-0.2, -0.15) is 5.10 Å². The third-order valence-electron chi connectivity index (χ3n) is 3.70. The molecule has 3 aromatic rings. The van der Waals surface area contributed by atoms with Crippen molar-refractivity contribution in [1.82, 2.24) is 25.1 Å². The summed E-state index contributed by atoms with van der Waals surface area (Å²) in [6, 6.07) is 9.13. The molecular formula is C18H19N5O2. The van der Waals surface area contributed by atoms with Gasteiger partial charge in [0.1, 0.15) is 0 Å². The minimum atomic E-state index is -0.197. The lowest BCUT2D eigenvalue weighted by Crippen LogP contribution is -2.23. The monoisotopic (exact) mass is 337 g/mol. The number of aromatic nitrogens is 4. The molecule has 0 radical (unpaired) electrons. The number of hydrogen-bond donors (Lipinski definition) is 1.